The molecule has 0 fully saturated rings. The van der Waals surface area contributed by atoms with Crippen LogP contribution in [0.25, 0.3) is 5.57 Å². The SMILES string of the molecule is COc1ccc(F)c(S(=O)(=O)NC(=O)NCC=C2COCc3cnn(Cc4ccc(Cl)cc4Cl)c32)c1. The number of carbonyl (C=O) groups excluding carboxylic acids is 1. The zero-order valence-electron chi connectivity index (χ0n) is 18.9. The number of urea groups is 1. The van der Waals surface area contributed by atoms with Gasteiger partial charge in [0.25, 0.3) is 10.0 Å². The van der Waals surface area contributed by atoms with Crippen molar-refractivity contribution in [2.45, 2.75) is 18.0 Å². The fourth-order valence-corrected chi connectivity index (χ4v) is 5.11. The predicted molar refractivity (Wildman–Crippen MR) is 132 cm³/mol. The van der Waals surface area contributed by atoms with Crippen LogP contribution < -0.4 is 14.8 Å². The molecule has 0 bridgehead atoms. The minimum Gasteiger partial charge on any atom is -0.497 e. The molecule has 0 saturated carbocycles. The first-order valence-corrected chi connectivity index (χ1v) is 12.8. The van der Waals surface area contributed by atoms with Crippen molar-refractivity contribution in [1.29, 1.82) is 0 Å². The molecule has 0 radical (unpaired) electrons. The molecule has 2 N–H and O–H groups in total. The van der Waals surface area contributed by atoms with Gasteiger partial charge in [-0.05, 0) is 29.8 Å². The molecule has 9 nitrogen and oxygen atoms in total. The summed E-state index contributed by atoms with van der Waals surface area (Å²) < 4.78 is 53.1. The monoisotopic (exact) mass is 554 g/mol. The van der Waals surface area contributed by atoms with E-state index < -0.39 is 26.8 Å². The molecule has 1 aliphatic heterocycles. The van der Waals surface area contributed by atoms with Gasteiger partial charge in [-0.2, -0.15) is 5.10 Å². The summed E-state index contributed by atoms with van der Waals surface area (Å²) in [6.07, 6.45) is 3.39. The van der Waals surface area contributed by atoms with Gasteiger partial charge in [-0.25, -0.2) is 22.3 Å². The summed E-state index contributed by atoms with van der Waals surface area (Å²) in [5.41, 5.74) is 3.25. The lowest BCUT2D eigenvalue weighted by Crippen LogP contribution is -2.39. The van der Waals surface area contributed by atoms with Crippen molar-refractivity contribution in [2.24, 2.45) is 0 Å². The molecule has 13 heteroatoms. The van der Waals surface area contributed by atoms with Crippen molar-refractivity contribution in [2.75, 3.05) is 20.3 Å². The maximum atomic E-state index is 14.0. The van der Waals surface area contributed by atoms with Crippen LogP contribution in [-0.2, 0) is 27.9 Å². The number of hydrogen-bond donors (Lipinski definition) is 2. The molecule has 4 rings (SSSR count). The van der Waals surface area contributed by atoms with Crippen LogP contribution in [0.4, 0.5) is 9.18 Å². The summed E-state index contributed by atoms with van der Waals surface area (Å²) in [4.78, 5) is 11.5. The van der Waals surface area contributed by atoms with Crippen LogP contribution in [0.15, 0.2) is 53.6 Å². The molecule has 0 saturated heterocycles. The minimum atomic E-state index is -4.46. The smallest absolute Gasteiger partial charge is 0.328 e. The Morgan fingerprint density at radius 1 is 1.25 bits per heavy atom. The number of halogens is 3. The summed E-state index contributed by atoms with van der Waals surface area (Å²) in [6.45, 7) is 1.01. The van der Waals surface area contributed by atoms with E-state index in [0.717, 1.165) is 34.5 Å². The lowest BCUT2D eigenvalue weighted by molar-refractivity contribution is 0.145. The van der Waals surface area contributed by atoms with Gasteiger partial charge >= 0.3 is 6.03 Å². The third-order valence-electron chi connectivity index (χ3n) is 5.34. The fourth-order valence-electron chi connectivity index (χ4n) is 3.62. The first-order chi connectivity index (χ1) is 17.2. The second-order valence-electron chi connectivity index (χ2n) is 7.75. The average Bonchev–Trinajstić information content (AvgIpc) is 3.24. The topological polar surface area (TPSA) is 112 Å². The number of nitrogens with zero attached hydrogens (tertiary/aromatic N) is 2. The Balaban J connectivity index is 1.45. The zero-order chi connectivity index (χ0) is 25.9. The molecule has 2 aromatic carbocycles. The van der Waals surface area contributed by atoms with Crippen LogP contribution in [0.5, 0.6) is 5.75 Å². The summed E-state index contributed by atoms with van der Waals surface area (Å²) >= 11 is 12.3. The Bertz CT molecular complexity index is 1440. The van der Waals surface area contributed by atoms with Gasteiger partial charge in [0.05, 0.1) is 38.8 Å². The number of sulfonamides is 1. The van der Waals surface area contributed by atoms with Gasteiger partial charge in [-0.15, -0.1) is 0 Å². The largest absolute Gasteiger partial charge is 0.497 e. The number of carbonyl (C=O) groups is 1. The maximum absolute atomic E-state index is 14.0. The fraction of sp³-hybridized carbons (Fsp3) is 0.217. The first kappa shape index (κ1) is 26.0. The highest BCUT2D eigenvalue weighted by atomic mass is 35.5. The van der Waals surface area contributed by atoms with Crippen molar-refractivity contribution >= 4 is 44.8 Å². The third-order valence-corrected chi connectivity index (χ3v) is 7.27. The van der Waals surface area contributed by atoms with E-state index in [1.165, 1.54) is 13.2 Å². The van der Waals surface area contributed by atoms with Crippen LogP contribution >= 0.6 is 23.2 Å². The Labute approximate surface area is 216 Å². The number of nitrogens with one attached hydrogen (secondary N) is 2. The van der Waals surface area contributed by atoms with E-state index in [0.29, 0.717) is 23.2 Å². The summed E-state index contributed by atoms with van der Waals surface area (Å²) in [7, 11) is -3.15. The highest BCUT2D eigenvalue weighted by Gasteiger charge is 2.23. The molecule has 1 aromatic heterocycles. The van der Waals surface area contributed by atoms with E-state index in [-0.39, 0.29) is 18.9 Å². The van der Waals surface area contributed by atoms with Crippen molar-refractivity contribution in [3.8, 4) is 5.75 Å². The molecule has 2 amide bonds. The third kappa shape index (κ3) is 5.81. The summed E-state index contributed by atoms with van der Waals surface area (Å²) in [6, 6.07) is 7.39. The average molecular weight is 555 g/mol. The van der Waals surface area contributed by atoms with Crippen LogP contribution in [0, 0.1) is 5.82 Å². The van der Waals surface area contributed by atoms with Gasteiger partial charge in [-0.3, -0.25) is 4.68 Å². The van der Waals surface area contributed by atoms with Crippen molar-refractivity contribution in [3.63, 3.8) is 0 Å². The van der Waals surface area contributed by atoms with Crippen LogP contribution in [0.1, 0.15) is 16.8 Å². The van der Waals surface area contributed by atoms with E-state index >= 15 is 0 Å². The van der Waals surface area contributed by atoms with Gasteiger partial charge in [0, 0.05) is 33.8 Å². The second kappa shape index (κ2) is 10.9. The molecular weight excluding hydrogens is 534 g/mol. The van der Waals surface area contributed by atoms with Gasteiger partial charge in [-0.1, -0.05) is 35.3 Å². The van der Waals surface area contributed by atoms with E-state index in [4.69, 9.17) is 32.7 Å². The molecule has 2 heterocycles. The van der Waals surface area contributed by atoms with Crippen molar-refractivity contribution < 1.29 is 27.1 Å². The zero-order valence-corrected chi connectivity index (χ0v) is 21.3. The number of amides is 2. The molecule has 1 aliphatic rings. The molecule has 0 atom stereocenters. The summed E-state index contributed by atoms with van der Waals surface area (Å²) in [5.74, 6) is -0.884. The number of fused-ring (bicyclic) bond motifs is 1. The van der Waals surface area contributed by atoms with Gasteiger partial charge < -0.3 is 14.8 Å². The summed E-state index contributed by atoms with van der Waals surface area (Å²) in [5, 5.41) is 7.90. The van der Waals surface area contributed by atoms with E-state index in [1.807, 2.05) is 6.07 Å². The molecule has 3 aromatic rings. The van der Waals surface area contributed by atoms with Crippen LogP contribution in [-0.4, -0.2) is 44.5 Å². The molecule has 0 unspecified atom stereocenters. The molecule has 0 aliphatic carbocycles. The van der Waals surface area contributed by atoms with Gasteiger partial charge in [0.2, 0.25) is 0 Å². The maximum Gasteiger partial charge on any atom is 0.328 e. The number of ether oxygens (including phenoxy) is 2. The Kier molecular flexibility index (Phi) is 7.84. The number of methoxy groups -OCH3 is 1. The van der Waals surface area contributed by atoms with E-state index in [2.05, 4.69) is 10.4 Å². The normalized spacial score (nSPS) is 14.4. The van der Waals surface area contributed by atoms with Gasteiger partial charge in [0.15, 0.2) is 0 Å². The highest BCUT2D eigenvalue weighted by Crippen LogP contribution is 2.28. The van der Waals surface area contributed by atoms with Crippen molar-refractivity contribution in [1.82, 2.24) is 19.8 Å². The number of hydrogen-bond acceptors (Lipinski definition) is 6. The van der Waals surface area contributed by atoms with Crippen LogP contribution in [0.3, 0.4) is 0 Å². The number of aromatic nitrogens is 2. The molecule has 0 spiro atoms. The quantitative estimate of drug-likeness (QED) is 0.456. The lowest BCUT2D eigenvalue weighted by atomic mass is 10.1. The molecule has 36 heavy (non-hydrogen) atoms. The van der Waals surface area contributed by atoms with Crippen LogP contribution in [0.2, 0.25) is 10.0 Å². The number of rotatable bonds is 7. The Hall–Kier alpha value is -3.12. The Morgan fingerprint density at radius 3 is 2.81 bits per heavy atom. The first-order valence-electron chi connectivity index (χ1n) is 10.6. The molecule has 190 valence electrons. The predicted octanol–water partition coefficient (Wildman–Crippen LogP) is 3.99. The van der Waals surface area contributed by atoms with Gasteiger partial charge in [0.1, 0.15) is 16.5 Å². The minimum absolute atomic E-state index is 0.0209. The van der Waals surface area contributed by atoms with E-state index in [1.54, 1.807) is 33.8 Å². The highest BCUT2D eigenvalue weighted by molar-refractivity contribution is 7.90. The van der Waals surface area contributed by atoms with E-state index in [9.17, 15) is 17.6 Å². The lowest BCUT2D eigenvalue weighted by Gasteiger charge is -2.19. The number of benzene rings is 2. The van der Waals surface area contributed by atoms with Crippen molar-refractivity contribution in [3.05, 3.63) is 81.4 Å². The second-order valence-corrected chi connectivity index (χ2v) is 10.2. The molecular formula is C23H21Cl2FN4O5S. The Morgan fingerprint density at radius 2 is 2.06 bits per heavy atom. The standard InChI is InChI=1S/C23H21Cl2FN4O5S/c1-34-18-4-5-20(26)21(9-18)36(32,33)29-23(31)27-7-6-15-12-35-13-16-10-28-30(22(15)16)11-14-2-3-17(24)8-19(14)25/h2-6,8-10H,7,11-13H2,1H3,(H2,27,29,31).